The Morgan fingerprint density at radius 3 is 2.63 bits per heavy atom. The Kier molecular flexibility index (Phi) is 3.94. The van der Waals surface area contributed by atoms with E-state index in [1.807, 2.05) is 26.0 Å². The summed E-state index contributed by atoms with van der Waals surface area (Å²) < 4.78 is 21.5. The number of hydrogen-bond acceptors (Lipinski definition) is 5. The van der Waals surface area contributed by atoms with Crippen LogP contribution in [0.4, 0.5) is 0 Å². The highest BCUT2D eigenvalue weighted by atomic mass is 16.6. The lowest BCUT2D eigenvalue weighted by molar-refractivity contribution is 0.260. The van der Waals surface area contributed by atoms with E-state index in [4.69, 9.17) is 18.6 Å². The molecular weight excluding hydrogens is 246 g/mol. The molecule has 0 radical (unpaired) electrons. The van der Waals surface area contributed by atoms with E-state index in [9.17, 15) is 0 Å². The first kappa shape index (κ1) is 13.3. The number of oxazole rings is 1. The van der Waals surface area contributed by atoms with E-state index < -0.39 is 0 Å². The molecule has 0 saturated heterocycles. The third kappa shape index (κ3) is 2.50. The Balaban J connectivity index is 2.46. The molecule has 0 saturated carbocycles. The van der Waals surface area contributed by atoms with E-state index in [1.54, 1.807) is 20.4 Å². The van der Waals surface area contributed by atoms with Gasteiger partial charge in [0, 0.05) is 5.56 Å². The Morgan fingerprint density at radius 2 is 2.00 bits per heavy atom. The van der Waals surface area contributed by atoms with Crippen molar-refractivity contribution in [1.29, 1.82) is 0 Å². The van der Waals surface area contributed by atoms with Gasteiger partial charge in [0.2, 0.25) is 5.89 Å². The molecule has 0 bridgehead atoms. The molecule has 102 valence electrons. The third-order valence-corrected chi connectivity index (χ3v) is 2.78. The largest absolute Gasteiger partial charge is 0.496 e. The molecule has 0 unspecified atom stereocenters. The zero-order valence-electron chi connectivity index (χ0n) is 11.5. The van der Waals surface area contributed by atoms with Crippen LogP contribution in [0.15, 0.2) is 22.7 Å². The first-order valence-corrected chi connectivity index (χ1v) is 6.01. The van der Waals surface area contributed by atoms with Crippen molar-refractivity contribution in [3.05, 3.63) is 23.9 Å². The lowest BCUT2D eigenvalue weighted by Crippen LogP contribution is -1.95. The molecule has 2 aromatic rings. The molecule has 0 spiro atoms. The second-order valence-electron chi connectivity index (χ2n) is 3.89. The fraction of sp³-hybridized carbons (Fsp3) is 0.357. The van der Waals surface area contributed by atoms with Crippen LogP contribution in [0.2, 0.25) is 0 Å². The topological polar surface area (TPSA) is 53.7 Å². The van der Waals surface area contributed by atoms with Crippen LogP contribution >= 0.6 is 0 Å². The molecular formula is C14H17NO4. The Morgan fingerprint density at radius 1 is 1.21 bits per heavy atom. The quantitative estimate of drug-likeness (QED) is 0.829. The van der Waals surface area contributed by atoms with Crippen LogP contribution in [0.25, 0.3) is 11.5 Å². The summed E-state index contributed by atoms with van der Waals surface area (Å²) in [5.41, 5.74) is 1.67. The molecule has 0 aliphatic rings. The van der Waals surface area contributed by atoms with Crippen molar-refractivity contribution in [2.45, 2.75) is 13.8 Å². The minimum Gasteiger partial charge on any atom is -0.496 e. The van der Waals surface area contributed by atoms with E-state index in [1.165, 1.54) is 0 Å². The molecule has 19 heavy (non-hydrogen) atoms. The van der Waals surface area contributed by atoms with E-state index >= 15 is 0 Å². The number of nitrogens with zero attached hydrogens (tertiary/aromatic N) is 1. The van der Waals surface area contributed by atoms with Gasteiger partial charge in [-0.3, -0.25) is 0 Å². The lowest BCUT2D eigenvalue weighted by atomic mass is 10.1. The minimum absolute atomic E-state index is 0.396. The first-order valence-electron chi connectivity index (χ1n) is 6.01. The minimum atomic E-state index is 0.396. The van der Waals surface area contributed by atoms with Gasteiger partial charge in [-0.2, -0.15) is 0 Å². The summed E-state index contributed by atoms with van der Waals surface area (Å²) in [5.74, 6) is 2.31. The number of rotatable bonds is 5. The van der Waals surface area contributed by atoms with Crippen molar-refractivity contribution >= 4 is 0 Å². The number of ether oxygens (including phenoxy) is 3. The number of hydrogen-bond donors (Lipinski definition) is 0. The van der Waals surface area contributed by atoms with Gasteiger partial charge in [0.1, 0.15) is 17.7 Å². The average Bonchev–Trinajstić information content (AvgIpc) is 2.87. The van der Waals surface area contributed by atoms with Gasteiger partial charge in [0.05, 0.1) is 26.4 Å². The molecule has 1 aromatic heterocycles. The van der Waals surface area contributed by atoms with Gasteiger partial charge >= 0.3 is 5.95 Å². The predicted molar refractivity (Wildman–Crippen MR) is 70.9 cm³/mol. The highest BCUT2D eigenvalue weighted by molar-refractivity contribution is 5.68. The summed E-state index contributed by atoms with van der Waals surface area (Å²) >= 11 is 0. The summed E-state index contributed by atoms with van der Waals surface area (Å²) in [6, 6.07) is 3.71. The highest BCUT2D eigenvalue weighted by Crippen LogP contribution is 2.38. The molecule has 0 aliphatic heterocycles. The monoisotopic (exact) mass is 263 g/mol. The molecule has 0 N–H and O–H groups in total. The van der Waals surface area contributed by atoms with Crippen LogP contribution in [-0.2, 0) is 0 Å². The van der Waals surface area contributed by atoms with Crippen LogP contribution in [0, 0.1) is 6.92 Å². The van der Waals surface area contributed by atoms with Crippen LogP contribution in [0.1, 0.15) is 12.5 Å². The molecule has 0 aliphatic carbocycles. The van der Waals surface area contributed by atoms with Gasteiger partial charge in [-0.1, -0.05) is 0 Å². The van der Waals surface area contributed by atoms with Crippen molar-refractivity contribution in [3.8, 4) is 28.9 Å². The van der Waals surface area contributed by atoms with Crippen molar-refractivity contribution in [3.63, 3.8) is 0 Å². The maximum absolute atomic E-state index is 5.53. The average molecular weight is 263 g/mol. The summed E-state index contributed by atoms with van der Waals surface area (Å²) in [7, 11) is 3.23. The number of aromatic nitrogens is 1. The van der Waals surface area contributed by atoms with E-state index in [0.717, 1.165) is 16.9 Å². The van der Waals surface area contributed by atoms with Crippen molar-refractivity contribution in [2.24, 2.45) is 0 Å². The Labute approximate surface area is 112 Å². The summed E-state index contributed by atoms with van der Waals surface area (Å²) in [5, 5.41) is 0. The summed E-state index contributed by atoms with van der Waals surface area (Å²) in [6.45, 7) is 4.35. The third-order valence-electron chi connectivity index (χ3n) is 2.78. The number of benzene rings is 1. The fourth-order valence-corrected chi connectivity index (χ4v) is 1.92. The van der Waals surface area contributed by atoms with Crippen molar-refractivity contribution in [1.82, 2.24) is 4.98 Å². The van der Waals surface area contributed by atoms with Crippen LogP contribution < -0.4 is 14.2 Å². The van der Waals surface area contributed by atoms with Crippen molar-refractivity contribution < 1.29 is 18.6 Å². The fourth-order valence-electron chi connectivity index (χ4n) is 1.92. The summed E-state index contributed by atoms with van der Waals surface area (Å²) in [4.78, 5) is 4.20. The maximum Gasteiger partial charge on any atom is 0.305 e. The summed E-state index contributed by atoms with van der Waals surface area (Å²) in [6.07, 6.45) is 1.55. The normalized spacial score (nSPS) is 10.3. The molecule has 0 amide bonds. The molecule has 1 heterocycles. The second kappa shape index (κ2) is 5.65. The van der Waals surface area contributed by atoms with Crippen molar-refractivity contribution in [2.75, 3.05) is 20.8 Å². The van der Waals surface area contributed by atoms with Gasteiger partial charge in [-0.05, 0) is 26.0 Å². The Bertz CT molecular complexity index is 563. The van der Waals surface area contributed by atoms with Gasteiger partial charge in [-0.25, -0.2) is 4.98 Å². The molecule has 2 rings (SSSR count). The zero-order chi connectivity index (χ0) is 13.8. The second-order valence-corrected chi connectivity index (χ2v) is 3.89. The SMILES string of the molecule is CCOc1cnc(-c2ccc(OC)c(C)c2OC)o1. The van der Waals surface area contributed by atoms with Gasteiger partial charge in [-0.15, -0.1) is 0 Å². The van der Waals surface area contributed by atoms with Crippen LogP contribution in [0.5, 0.6) is 17.4 Å². The van der Waals surface area contributed by atoms with Crippen LogP contribution in [-0.4, -0.2) is 25.8 Å². The predicted octanol–water partition coefficient (Wildman–Crippen LogP) is 3.07. The maximum atomic E-state index is 5.53. The molecule has 0 atom stereocenters. The van der Waals surface area contributed by atoms with E-state index in [2.05, 4.69) is 4.98 Å². The van der Waals surface area contributed by atoms with Crippen LogP contribution in [0.3, 0.4) is 0 Å². The van der Waals surface area contributed by atoms with Gasteiger partial charge < -0.3 is 18.6 Å². The van der Waals surface area contributed by atoms with Gasteiger partial charge in [0.15, 0.2) is 0 Å². The van der Waals surface area contributed by atoms with E-state index in [0.29, 0.717) is 24.2 Å². The molecule has 5 nitrogen and oxygen atoms in total. The lowest BCUT2D eigenvalue weighted by Gasteiger charge is -2.12. The smallest absolute Gasteiger partial charge is 0.305 e. The van der Waals surface area contributed by atoms with E-state index in [-0.39, 0.29) is 0 Å². The van der Waals surface area contributed by atoms with Gasteiger partial charge in [0.25, 0.3) is 0 Å². The zero-order valence-corrected chi connectivity index (χ0v) is 11.5. The molecule has 0 fully saturated rings. The standard InChI is InChI=1S/C14H17NO4/c1-5-18-12-8-15-14(19-12)10-6-7-11(16-3)9(2)13(10)17-4/h6-8H,5H2,1-4H3. The first-order chi connectivity index (χ1) is 9.21. The Hall–Kier alpha value is -2.17. The highest BCUT2D eigenvalue weighted by Gasteiger charge is 2.17. The molecule has 1 aromatic carbocycles. The molecule has 5 heteroatoms. The number of methoxy groups -OCH3 is 2.